The van der Waals surface area contributed by atoms with Crippen molar-refractivity contribution in [2.75, 3.05) is 5.32 Å². The summed E-state index contributed by atoms with van der Waals surface area (Å²) in [5, 5.41) is 13.5. The number of imide groups is 1. The van der Waals surface area contributed by atoms with E-state index in [0.717, 1.165) is 5.56 Å². The number of benzene rings is 1. The van der Waals surface area contributed by atoms with Gasteiger partial charge in [0, 0.05) is 12.1 Å². The fraction of sp³-hybridized carbons (Fsp3) is 0.400. The fourth-order valence-electron chi connectivity index (χ4n) is 1.88. The second kappa shape index (κ2) is 6.88. The zero-order chi connectivity index (χ0) is 16.0. The third-order valence-corrected chi connectivity index (χ3v) is 2.83. The lowest BCUT2D eigenvalue weighted by Crippen LogP contribution is -2.37. The topological polar surface area (TPSA) is 95.5 Å². The predicted molar refractivity (Wildman–Crippen MR) is 79.0 cm³/mol. The Labute approximate surface area is 123 Å². The molecule has 6 nitrogen and oxygen atoms in total. The molecule has 3 N–H and O–H groups in total. The van der Waals surface area contributed by atoms with Gasteiger partial charge in [0.25, 0.3) is 0 Å². The van der Waals surface area contributed by atoms with Gasteiger partial charge in [-0.25, -0.2) is 4.79 Å². The molecule has 1 rings (SSSR count). The average Bonchev–Trinajstić information content (AvgIpc) is 2.28. The molecule has 0 aliphatic heterocycles. The number of carboxylic acid groups (broad SMARTS) is 1. The normalized spacial score (nSPS) is 10.8. The minimum absolute atomic E-state index is 0.0411. The van der Waals surface area contributed by atoms with Gasteiger partial charge in [-0.3, -0.25) is 14.9 Å². The van der Waals surface area contributed by atoms with Crippen molar-refractivity contribution in [1.82, 2.24) is 5.32 Å². The van der Waals surface area contributed by atoms with Gasteiger partial charge in [0.05, 0.1) is 6.42 Å². The van der Waals surface area contributed by atoms with Crippen molar-refractivity contribution in [2.45, 2.75) is 33.6 Å². The summed E-state index contributed by atoms with van der Waals surface area (Å²) >= 11 is 0. The van der Waals surface area contributed by atoms with Crippen LogP contribution in [0.25, 0.3) is 0 Å². The van der Waals surface area contributed by atoms with Crippen LogP contribution >= 0.6 is 0 Å². The molecule has 3 amide bonds. The summed E-state index contributed by atoms with van der Waals surface area (Å²) in [5.74, 6) is -1.48. The van der Waals surface area contributed by atoms with Crippen molar-refractivity contribution in [1.29, 1.82) is 0 Å². The Morgan fingerprint density at radius 2 is 1.67 bits per heavy atom. The number of hydrogen-bond acceptors (Lipinski definition) is 3. The molecule has 0 aliphatic carbocycles. The van der Waals surface area contributed by atoms with E-state index in [9.17, 15) is 14.4 Å². The second-order valence-electron chi connectivity index (χ2n) is 5.78. The Morgan fingerprint density at radius 1 is 1.10 bits per heavy atom. The van der Waals surface area contributed by atoms with E-state index in [1.807, 2.05) is 19.1 Å². The Morgan fingerprint density at radius 3 is 2.19 bits per heavy atom. The van der Waals surface area contributed by atoms with Crippen molar-refractivity contribution in [3.8, 4) is 0 Å². The van der Waals surface area contributed by atoms with Crippen LogP contribution in [0.5, 0.6) is 0 Å². The quantitative estimate of drug-likeness (QED) is 0.777. The predicted octanol–water partition coefficient (Wildman–Crippen LogP) is 2.53. The van der Waals surface area contributed by atoms with Crippen molar-refractivity contribution < 1.29 is 19.5 Å². The highest BCUT2D eigenvalue weighted by Gasteiger charge is 2.25. The van der Waals surface area contributed by atoms with Crippen LogP contribution in [0.1, 0.15) is 32.3 Å². The molecule has 0 aromatic heterocycles. The summed E-state index contributed by atoms with van der Waals surface area (Å²) in [5.41, 5.74) is 0.934. The number of carbonyl (C=O) groups excluding carboxylic acids is 2. The number of urea groups is 1. The van der Waals surface area contributed by atoms with Crippen LogP contribution in [0, 0.1) is 12.3 Å². The van der Waals surface area contributed by atoms with E-state index in [1.165, 1.54) is 0 Å². The molecule has 6 heteroatoms. The van der Waals surface area contributed by atoms with Crippen LogP contribution < -0.4 is 10.6 Å². The van der Waals surface area contributed by atoms with E-state index in [2.05, 4.69) is 10.6 Å². The number of anilines is 1. The highest BCUT2D eigenvalue weighted by molar-refractivity contribution is 6.01. The molecule has 0 bridgehead atoms. The maximum Gasteiger partial charge on any atom is 0.325 e. The molecule has 0 aliphatic rings. The Kier molecular flexibility index (Phi) is 5.46. The van der Waals surface area contributed by atoms with Crippen LogP contribution in [-0.4, -0.2) is 23.0 Å². The summed E-state index contributed by atoms with van der Waals surface area (Å²) in [6.07, 6.45) is -0.180. The summed E-state index contributed by atoms with van der Waals surface area (Å²) in [6, 6.07) is 6.51. The number of carboxylic acids is 1. The van der Waals surface area contributed by atoms with Gasteiger partial charge in [-0.2, -0.15) is 0 Å². The first-order valence-corrected chi connectivity index (χ1v) is 6.57. The molecule has 0 fully saturated rings. The summed E-state index contributed by atoms with van der Waals surface area (Å²) in [7, 11) is 0. The first-order valence-electron chi connectivity index (χ1n) is 6.57. The number of nitrogens with one attached hydrogen (secondary N) is 2. The number of aryl methyl sites for hydroxylation is 1. The SMILES string of the molecule is Cc1ccc(NC(=O)NC(=O)CC(C)(C)CC(=O)O)cc1. The first kappa shape index (κ1) is 16.7. The van der Waals surface area contributed by atoms with Crippen molar-refractivity contribution >= 4 is 23.6 Å². The molecular formula is C15H20N2O4. The minimum atomic E-state index is -0.975. The lowest BCUT2D eigenvalue weighted by atomic mass is 9.85. The van der Waals surface area contributed by atoms with Gasteiger partial charge in [0.1, 0.15) is 0 Å². The van der Waals surface area contributed by atoms with Gasteiger partial charge in [-0.05, 0) is 24.5 Å². The lowest BCUT2D eigenvalue weighted by Gasteiger charge is -2.21. The lowest BCUT2D eigenvalue weighted by molar-refractivity contribution is -0.139. The molecule has 114 valence electrons. The van der Waals surface area contributed by atoms with Gasteiger partial charge >= 0.3 is 12.0 Å². The van der Waals surface area contributed by atoms with Gasteiger partial charge in [-0.1, -0.05) is 31.5 Å². The third-order valence-electron chi connectivity index (χ3n) is 2.83. The second-order valence-corrected chi connectivity index (χ2v) is 5.78. The molecule has 0 spiro atoms. The third kappa shape index (κ3) is 6.56. The van der Waals surface area contributed by atoms with Crippen LogP contribution in [0.4, 0.5) is 10.5 Å². The molecule has 0 radical (unpaired) electrons. The number of aliphatic carboxylic acids is 1. The number of rotatable bonds is 5. The molecular weight excluding hydrogens is 272 g/mol. The summed E-state index contributed by atoms with van der Waals surface area (Å²) < 4.78 is 0. The van der Waals surface area contributed by atoms with Crippen LogP contribution in [-0.2, 0) is 9.59 Å². The monoisotopic (exact) mass is 292 g/mol. The number of carbonyl (C=O) groups is 3. The van der Waals surface area contributed by atoms with Crippen molar-refractivity contribution in [3.63, 3.8) is 0 Å². The van der Waals surface area contributed by atoms with E-state index >= 15 is 0 Å². The Balaban J connectivity index is 2.49. The number of hydrogen-bond donors (Lipinski definition) is 3. The van der Waals surface area contributed by atoms with E-state index in [4.69, 9.17) is 5.11 Å². The molecule has 0 saturated carbocycles. The molecule has 0 saturated heterocycles. The maximum atomic E-state index is 11.7. The summed E-state index contributed by atoms with van der Waals surface area (Å²) in [6.45, 7) is 5.26. The number of amides is 3. The van der Waals surface area contributed by atoms with Gasteiger partial charge < -0.3 is 10.4 Å². The van der Waals surface area contributed by atoms with Gasteiger partial charge in [0.2, 0.25) is 5.91 Å². The highest BCUT2D eigenvalue weighted by atomic mass is 16.4. The van der Waals surface area contributed by atoms with Gasteiger partial charge in [-0.15, -0.1) is 0 Å². The molecule has 1 aromatic carbocycles. The maximum absolute atomic E-state index is 11.7. The largest absolute Gasteiger partial charge is 0.481 e. The smallest absolute Gasteiger partial charge is 0.325 e. The zero-order valence-corrected chi connectivity index (χ0v) is 12.4. The molecule has 1 aromatic rings. The van der Waals surface area contributed by atoms with Gasteiger partial charge in [0.15, 0.2) is 0 Å². The molecule has 0 unspecified atom stereocenters. The summed E-state index contributed by atoms with van der Waals surface area (Å²) in [4.78, 5) is 34.1. The van der Waals surface area contributed by atoms with Crippen LogP contribution in [0.3, 0.4) is 0 Å². The molecule has 0 atom stereocenters. The van der Waals surface area contributed by atoms with Crippen molar-refractivity contribution in [2.24, 2.45) is 5.41 Å². The average molecular weight is 292 g/mol. The first-order chi connectivity index (χ1) is 9.68. The van der Waals surface area contributed by atoms with E-state index in [0.29, 0.717) is 5.69 Å². The highest BCUT2D eigenvalue weighted by Crippen LogP contribution is 2.24. The van der Waals surface area contributed by atoms with E-state index in [-0.39, 0.29) is 12.8 Å². The van der Waals surface area contributed by atoms with E-state index < -0.39 is 23.3 Å². The minimum Gasteiger partial charge on any atom is -0.481 e. The molecule has 0 heterocycles. The molecule has 21 heavy (non-hydrogen) atoms. The van der Waals surface area contributed by atoms with Crippen molar-refractivity contribution in [3.05, 3.63) is 29.8 Å². The van der Waals surface area contributed by atoms with Crippen LogP contribution in [0.15, 0.2) is 24.3 Å². The Bertz CT molecular complexity index is 535. The van der Waals surface area contributed by atoms with E-state index in [1.54, 1.807) is 26.0 Å². The van der Waals surface area contributed by atoms with Crippen LogP contribution in [0.2, 0.25) is 0 Å². The fourth-order valence-corrected chi connectivity index (χ4v) is 1.88. The Hall–Kier alpha value is -2.37. The standard InChI is InChI=1S/C15H20N2O4/c1-10-4-6-11(7-5-10)16-14(21)17-12(18)8-15(2,3)9-13(19)20/h4-7H,8-9H2,1-3H3,(H,19,20)(H2,16,17,18,21). The zero-order valence-electron chi connectivity index (χ0n) is 12.4.